The maximum Gasteiger partial charge on any atom is 0.253 e. The molecule has 1 aromatic heterocycles. The van der Waals surface area contributed by atoms with Gasteiger partial charge in [-0.2, -0.15) is 4.31 Å². The van der Waals surface area contributed by atoms with Crippen molar-refractivity contribution in [3.05, 3.63) is 53.9 Å². The molecule has 2 aliphatic rings. The van der Waals surface area contributed by atoms with E-state index in [2.05, 4.69) is 10.3 Å². The van der Waals surface area contributed by atoms with Gasteiger partial charge in [-0.1, -0.05) is 6.07 Å². The average Bonchev–Trinajstić information content (AvgIpc) is 3.23. The Labute approximate surface area is 158 Å². The van der Waals surface area contributed by atoms with E-state index in [1.54, 1.807) is 18.3 Å². The van der Waals surface area contributed by atoms with Crippen molar-refractivity contribution >= 4 is 21.6 Å². The van der Waals surface area contributed by atoms with Gasteiger partial charge in [0.05, 0.1) is 0 Å². The summed E-state index contributed by atoms with van der Waals surface area (Å²) in [6, 6.07) is 8.83. The summed E-state index contributed by atoms with van der Waals surface area (Å²) in [7, 11) is -3.59. The first-order valence-corrected chi connectivity index (χ1v) is 10.4. The fourth-order valence-corrected chi connectivity index (χ4v) is 4.85. The summed E-state index contributed by atoms with van der Waals surface area (Å²) >= 11 is 0. The van der Waals surface area contributed by atoms with Gasteiger partial charge in [-0.15, -0.1) is 0 Å². The Morgan fingerprint density at radius 1 is 1.26 bits per heavy atom. The topological polar surface area (TPSA) is 88.6 Å². The summed E-state index contributed by atoms with van der Waals surface area (Å²) in [5, 5.41) is 2.88. The number of carbonyl (C=O) groups is 1. The molecule has 1 fully saturated rings. The number of aromatic nitrogens is 1. The quantitative estimate of drug-likeness (QED) is 0.866. The Bertz CT molecular complexity index is 941. The van der Waals surface area contributed by atoms with Crippen molar-refractivity contribution < 1.29 is 17.9 Å². The van der Waals surface area contributed by atoms with Crippen LogP contribution in [0.4, 0.5) is 5.69 Å². The minimum Gasteiger partial charge on any atom is -0.368 e. The van der Waals surface area contributed by atoms with Gasteiger partial charge in [-0.05, 0) is 54.7 Å². The first-order valence-electron chi connectivity index (χ1n) is 8.98. The lowest BCUT2D eigenvalue weighted by molar-refractivity contribution is -0.124. The van der Waals surface area contributed by atoms with Gasteiger partial charge in [0.2, 0.25) is 10.0 Å². The Kier molecular flexibility index (Phi) is 4.94. The van der Waals surface area contributed by atoms with E-state index >= 15 is 0 Å². The number of amides is 1. The number of hydrogen-bond acceptors (Lipinski definition) is 5. The number of nitrogens with one attached hydrogen (secondary N) is 1. The van der Waals surface area contributed by atoms with E-state index in [-0.39, 0.29) is 17.3 Å². The van der Waals surface area contributed by atoms with Crippen LogP contribution in [0.2, 0.25) is 0 Å². The number of fused-ring (bicyclic) bond motifs is 1. The van der Waals surface area contributed by atoms with Crippen LogP contribution in [-0.4, -0.2) is 42.9 Å². The van der Waals surface area contributed by atoms with Crippen molar-refractivity contribution in [2.45, 2.75) is 36.8 Å². The van der Waals surface area contributed by atoms with Gasteiger partial charge < -0.3 is 10.1 Å². The molecule has 8 heteroatoms. The zero-order valence-electron chi connectivity index (χ0n) is 14.8. The van der Waals surface area contributed by atoms with E-state index in [1.165, 1.54) is 10.5 Å². The second-order valence-corrected chi connectivity index (χ2v) is 8.69. The molecule has 4 rings (SSSR count). The third-order valence-electron chi connectivity index (χ3n) is 4.95. The number of benzene rings is 1. The largest absolute Gasteiger partial charge is 0.368 e. The third-order valence-corrected chi connectivity index (χ3v) is 6.77. The molecule has 0 saturated carbocycles. The lowest BCUT2D eigenvalue weighted by atomic mass is 10.0. The first kappa shape index (κ1) is 18.1. The molecule has 142 valence electrons. The van der Waals surface area contributed by atoms with E-state index in [0.717, 1.165) is 24.0 Å². The van der Waals surface area contributed by atoms with E-state index in [1.807, 2.05) is 18.2 Å². The van der Waals surface area contributed by atoms with Crippen LogP contribution in [0.5, 0.6) is 0 Å². The predicted molar refractivity (Wildman–Crippen MR) is 99.6 cm³/mol. The fraction of sp³-hybridized carbons (Fsp3) is 0.368. The number of sulfonamides is 1. The molecule has 1 N–H and O–H groups in total. The molecule has 2 aliphatic heterocycles. The summed E-state index contributed by atoms with van der Waals surface area (Å²) in [6.45, 7) is 1.31. The van der Waals surface area contributed by atoms with Crippen molar-refractivity contribution in [3.8, 4) is 0 Å². The number of rotatable bonds is 4. The van der Waals surface area contributed by atoms with Crippen LogP contribution in [0.15, 0.2) is 47.6 Å². The molecule has 3 heterocycles. The first-order chi connectivity index (χ1) is 13.0. The number of nitrogens with zero attached hydrogens (tertiary/aromatic N) is 2. The summed E-state index contributed by atoms with van der Waals surface area (Å²) in [5.41, 5.74) is 2.66. The molecule has 0 unspecified atom stereocenters. The minimum absolute atomic E-state index is 0.150. The van der Waals surface area contributed by atoms with Gasteiger partial charge in [-0.25, -0.2) is 8.42 Å². The molecule has 0 aliphatic carbocycles. The number of pyridine rings is 1. The van der Waals surface area contributed by atoms with E-state index in [9.17, 15) is 13.2 Å². The molecular weight excluding hydrogens is 366 g/mol. The number of ether oxygens (including phenoxy) is 1. The second kappa shape index (κ2) is 7.38. The zero-order valence-corrected chi connectivity index (χ0v) is 15.6. The highest BCUT2D eigenvalue weighted by Crippen LogP contribution is 2.27. The molecule has 1 saturated heterocycles. The van der Waals surface area contributed by atoms with Crippen LogP contribution in [0.1, 0.15) is 24.0 Å². The monoisotopic (exact) mass is 387 g/mol. The molecule has 7 nitrogen and oxygen atoms in total. The molecule has 2 aromatic rings. The highest BCUT2D eigenvalue weighted by molar-refractivity contribution is 7.89. The van der Waals surface area contributed by atoms with E-state index in [4.69, 9.17) is 4.74 Å². The van der Waals surface area contributed by atoms with Crippen molar-refractivity contribution in [2.75, 3.05) is 18.5 Å². The Morgan fingerprint density at radius 2 is 2.15 bits per heavy atom. The molecule has 27 heavy (non-hydrogen) atoms. The normalized spacial score (nSPS) is 20.2. The van der Waals surface area contributed by atoms with Gasteiger partial charge in [0.1, 0.15) is 11.0 Å². The highest BCUT2D eigenvalue weighted by Gasteiger charge is 2.29. The molecule has 1 atom stereocenters. The molecule has 1 aromatic carbocycles. The van der Waals surface area contributed by atoms with Crippen molar-refractivity contribution in [2.24, 2.45) is 0 Å². The third kappa shape index (κ3) is 3.73. The Hall–Kier alpha value is -2.29. The highest BCUT2D eigenvalue weighted by atomic mass is 32.2. The van der Waals surface area contributed by atoms with Gasteiger partial charge in [0.25, 0.3) is 5.91 Å². The minimum atomic E-state index is -3.59. The lowest BCUT2D eigenvalue weighted by Gasteiger charge is -2.28. The van der Waals surface area contributed by atoms with Crippen LogP contribution >= 0.6 is 0 Å². The van der Waals surface area contributed by atoms with E-state index < -0.39 is 16.1 Å². The molecule has 0 bridgehead atoms. The van der Waals surface area contributed by atoms with Crippen LogP contribution in [-0.2, 0) is 32.5 Å². The SMILES string of the molecule is O=C(Nc1ccc2c(c1)CN(S(=O)(=O)c1cccnc1)CC2)[C@H]1CCCO1. The Balaban J connectivity index is 1.52. The van der Waals surface area contributed by atoms with Crippen LogP contribution < -0.4 is 5.32 Å². The summed E-state index contributed by atoms with van der Waals surface area (Å²) < 4.78 is 32.5. The van der Waals surface area contributed by atoms with Crippen molar-refractivity contribution in [1.29, 1.82) is 0 Å². The van der Waals surface area contributed by atoms with Gasteiger partial charge in [-0.3, -0.25) is 9.78 Å². The van der Waals surface area contributed by atoms with Crippen LogP contribution in [0.3, 0.4) is 0 Å². The number of carbonyl (C=O) groups excluding carboxylic acids is 1. The summed E-state index contributed by atoms with van der Waals surface area (Å²) in [5.74, 6) is -0.150. The molecule has 0 radical (unpaired) electrons. The molecule has 0 spiro atoms. The van der Waals surface area contributed by atoms with Gasteiger partial charge >= 0.3 is 0 Å². The van der Waals surface area contributed by atoms with Crippen molar-refractivity contribution in [1.82, 2.24) is 9.29 Å². The standard InChI is InChI=1S/C19H21N3O4S/c23-19(18-4-2-10-26-18)21-16-6-5-14-7-9-22(13-15(14)11-16)27(24,25)17-3-1-8-20-12-17/h1,3,5-6,8,11-12,18H,2,4,7,9-10,13H2,(H,21,23)/t18-/m1/s1. The predicted octanol–water partition coefficient (Wildman–Crippen LogP) is 1.95. The van der Waals surface area contributed by atoms with Gasteiger partial charge in [0.15, 0.2) is 0 Å². The number of hydrogen-bond donors (Lipinski definition) is 1. The zero-order chi connectivity index (χ0) is 18.9. The summed E-state index contributed by atoms with van der Waals surface area (Å²) in [4.78, 5) is 16.3. The smallest absolute Gasteiger partial charge is 0.253 e. The average molecular weight is 387 g/mol. The molecule has 1 amide bonds. The lowest BCUT2D eigenvalue weighted by Crippen LogP contribution is -2.36. The second-order valence-electron chi connectivity index (χ2n) is 6.75. The Morgan fingerprint density at radius 3 is 2.89 bits per heavy atom. The van der Waals surface area contributed by atoms with Crippen LogP contribution in [0, 0.1) is 0 Å². The fourth-order valence-electron chi connectivity index (χ4n) is 3.47. The number of anilines is 1. The van der Waals surface area contributed by atoms with Gasteiger partial charge in [0, 0.05) is 37.8 Å². The molecular formula is C19H21N3O4S. The van der Waals surface area contributed by atoms with Crippen molar-refractivity contribution in [3.63, 3.8) is 0 Å². The maximum absolute atomic E-state index is 12.8. The maximum atomic E-state index is 12.8. The van der Waals surface area contributed by atoms with Crippen LogP contribution in [0.25, 0.3) is 0 Å². The van der Waals surface area contributed by atoms with E-state index in [0.29, 0.717) is 25.3 Å². The summed E-state index contributed by atoms with van der Waals surface area (Å²) in [6.07, 6.45) is 4.77.